The zero-order valence-electron chi connectivity index (χ0n) is 12.3. The molecule has 0 amide bonds. The topological polar surface area (TPSA) is 38.5 Å². The van der Waals surface area contributed by atoms with Gasteiger partial charge in [0, 0.05) is 25.2 Å². The predicted octanol–water partition coefficient (Wildman–Crippen LogP) is 2.25. The van der Waals surface area contributed by atoms with Gasteiger partial charge in [-0.3, -0.25) is 4.90 Å². The summed E-state index contributed by atoms with van der Waals surface area (Å²) in [6, 6.07) is 0.950. The average molecular weight is 254 g/mol. The summed E-state index contributed by atoms with van der Waals surface area (Å²) in [7, 11) is 0. The fraction of sp³-hybridized carbons (Fsp3) is 1.00. The fourth-order valence-electron chi connectivity index (χ4n) is 3.50. The van der Waals surface area contributed by atoms with Crippen molar-refractivity contribution in [3.63, 3.8) is 0 Å². The molecule has 0 bridgehead atoms. The lowest BCUT2D eigenvalue weighted by Crippen LogP contribution is -2.55. The molecule has 2 N–H and O–H groups in total. The van der Waals surface area contributed by atoms with Gasteiger partial charge in [0.2, 0.25) is 0 Å². The highest BCUT2D eigenvalue weighted by Gasteiger charge is 2.38. The van der Waals surface area contributed by atoms with E-state index in [0.717, 1.165) is 32.2 Å². The molecule has 2 fully saturated rings. The summed E-state index contributed by atoms with van der Waals surface area (Å²) in [6.07, 6.45) is 5.05. The molecule has 2 rings (SSSR count). The van der Waals surface area contributed by atoms with Gasteiger partial charge in [-0.1, -0.05) is 27.2 Å². The Morgan fingerprint density at radius 1 is 1.22 bits per heavy atom. The fourth-order valence-corrected chi connectivity index (χ4v) is 3.50. The summed E-state index contributed by atoms with van der Waals surface area (Å²) in [6.45, 7) is 11.1. The lowest BCUT2D eigenvalue weighted by atomic mass is 9.67. The third-order valence-corrected chi connectivity index (χ3v) is 5.40. The van der Waals surface area contributed by atoms with Crippen LogP contribution in [-0.2, 0) is 4.74 Å². The molecule has 1 aliphatic carbocycles. The molecule has 0 aromatic carbocycles. The second-order valence-electron chi connectivity index (χ2n) is 6.73. The first-order valence-corrected chi connectivity index (χ1v) is 7.62. The molecular weight excluding hydrogens is 224 g/mol. The molecule has 2 aliphatic rings. The quantitative estimate of drug-likeness (QED) is 0.839. The van der Waals surface area contributed by atoms with Crippen LogP contribution >= 0.6 is 0 Å². The van der Waals surface area contributed by atoms with Gasteiger partial charge in [0.15, 0.2) is 0 Å². The van der Waals surface area contributed by atoms with Gasteiger partial charge in [0.1, 0.15) is 0 Å². The van der Waals surface area contributed by atoms with E-state index in [0.29, 0.717) is 17.5 Å². The maximum absolute atomic E-state index is 6.37. The van der Waals surface area contributed by atoms with Crippen LogP contribution in [0.4, 0.5) is 0 Å². The first-order chi connectivity index (χ1) is 8.54. The molecule has 0 aromatic rings. The van der Waals surface area contributed by atoms with Gasteiger partial charge in [-0.15, -0.1) is 0 Å². The van der Waals surface area contributed by atoms with Crippen molar-refractivity contribution in [1.29, 1.82) is 0 Å². The largest absolute Gasteiger partial charge is 0.379 e. The van der Waals surface area contributed by atoms with E-state index in [4.69, 9.17) is 10.5 Å². The van der Waals surface area contributed by atoms with E-state index in [-0.39, 0.29) is 0 Å². The molecule has 0 spiro atoms. The zero-order chi connectivity index (χ0) is 13.2. The normalized spacial score (nSPS) is 35.7. The van der Waals surface area contributed by atoms with Crippen LogP contribution < -0.4 is 5.73 Å². The van der Waals surface area contributed by atoms with Crippen molar-refractivity contribution in [2.75, 3.05) is 26.3 Å². The van der Waals surface area contributed by atoms with E-state index in [1.807, 2.05) is 0 Å². The van der Waals surface area contributed by atoms with E-state index in [1.165, 1.54) is 25.7 Å². The molecule has 3 nitrogen and oxygen atoms in total. The van der Waals surface area contributed by atoms with Crippen LogP contribution in [0.25, 0.3) is 0 Å². The minimum atomic E-state index is 0.368. The van der Waals surface area contributed by atoms with E-state index in [9.17, 15) is 0 Å². The minimum absolute atomic E-state index is 0.368. The number of hydrogen-bond donors (Lipinski definition) is 1. The SMILES string of the molecule is CCC(C)(C)C1CCC(N)C(N2CCOCC2)C1. The number of morpholine rings is 1. The molecule has 1 saturated heterocycles. The zero-order valence-corrected chi connectivity index (χ0v) is 12.3. The Labute approximate surface area is 112 Å². The monoisotopic (exact) mass is 254 g/mol. The summed E-state index contributed by atoms with van der Waals surface area (Å²) < 4.78 is 5.46. The molecule has 3 heteroatoms. The Bertz CT molecular complexity index is 261. The van der Waals surface area contributed by atoms with E-state index < -0.39 is 0 Å². The summed E-state index contributed by atoms with van der Waals surface area (Å²) >= 11 is 0. The number of ether oxygens (including phenoxy) is 1. The van der Waals surface area contributed by atoms with Crippen molar-refractivity contribution < 1.29 is 4.74 Å². The van der Waals surface area contributed by atoms with Gasteiger partial charge in [0.25, 0.3) is 0 Å². The highest BCUT2D eigenvalue weighted by molar-refractivity contribution is 4.93. The van der Waals surface area contributed by atoms with Crippen LogP contribution in [0.1, 0.15) is 46.5 Å². The van der Waals surface area contributed by atoms with Gasteiger partial charge in [0.05, 0.1) is 13.2 Å². The summed E-state index contributed by atoms with van der Waals surface area (Å²) in [5, 5.41) is 0. The van der Waals surface area contributed by atoms with Crippen LogP contribution in [-0.4, -0.2) is 43.3 Å². The molecule has 1 heterocycles. The van der Waals surface area contributed by atoms with Crippen molar-refractivity contribution in [2.45, 2.75) is 58.5 Å². The Hall–Kier alpha value is -0.120. The van der Waals surface area contributed by atoms with E-state index in [2.05, 4.69) is 25.7 Å². The molecule has 1 aliphatic heterocycles. The Morgan fingerprint density at radius 3 is 2.50 bits per heavy atom. The molecular formula is C15H30N2O. The van der Waals surface area contributed by atoms with Crippen molar-refractivity contribution in [1.82, 2.24) is 4.90 Å². The van der Waals surface area contributed by atoms with Crippen LogP contribution in [0.5, 0.6) is 0 Å². The third kappa shape index (κ3) is 3.06. The van der Waals surface area contributed by atoms with Gasteiger partial charge in [-0.05, 0) is 30.6 Å². The molecule has 18 heavy (non-hydrogen) atoms. The maximum Gasteiger partial charge on any atom is 0.0594 e. The van der Waals surface area contributed by atoms with Crippen LogP contribution in [0, 0.1) is 11.3 Å². The van der Waals surface area contributed by atoms with Crippen LogP contribution in [0.2, 0.25) is 0 Å². The second kappa shape index (κ2) is 5.89. The Balaban J connectivity index is 2.00. The summed E-state index contributed by atoms with van der Waals surface area (Å²) in [4.78, 5) is 2.58. The predicted molar refractivity (Wildman–Crippen MR) is 75.6 cm³/mol. The van der Waals surface area contributed by atoms with Crippen LogP contribution in [0.3, 0.4) is 0 Å². The van der Waals surface area contributed by atoms with Gasteiger partial charge < -0.3 is 10.5 Å². The third-order valence-electron chi connectivity index (χ3n) is 5.40. The molecule has 1 saturated carbocycles. The first-order valence-electron chi connectivity index (χ1n) is 7.62. The number of nitrogens with zero attached hydrogens (tertiary/aromatic N) is 1. The number of rotatable bonds is 3. The highest BCUT2D eigenvalue weighted by atomic mass is 16.5. The number of nitrogens with two attached hydrogens (primary N) is 1. The summed E-state index contributed by atoms with van der Waals surface area (Å²) in [5.41, 5.74) is 6.84. The summed E-state index contributed by atoms with van der Waals surface area (Å²) in [5.74, 6) is 0.829. The molecule has 0 radical (unpaired) electrons. The lowest BCUT2D eigenvalue weighted by molar-refractivity contribution is -0.0137. The smallest absolute Gasteiger partial charge is 0.0594 e. The lowest BCUT2D eigenvalue weighted by Gasteiger charge is -2.46. The molecule has 106 valence electrons. The molecule has 3 unspecified atom stereocenters. The van der Waals surface area contributed by atoms with E-state index in [1.54, 1.807) is 0 Å². The van der Waals surface area contributed by atoms with Gasteiger partial charge in [-0.25, -0.2) is 0 Å². The highest BCUT2D eigenvalue weighted by Crippen LogP contribution is 2.41. The average Bonchev–Trinajstić information content (AvgIpc) is 2.40. The van der Waals surface area contributed by atoms with Crippen molar-refractivity contribution in [2.24, 2.45) is 17.1 Å². The van der Waals surface area contributed by atoms with Crippen molar-refractivity contribution in [3.05, 3.63) is 0 Å². The van der Waals surface area contributed by atoms with Crippen molar-refractivity contribution >= 4 is 0 Å². The van der Waals surface area contributed by atoms with Crippen LogP contribution in [0.15, 0.2) is 0 Å². The first kappa shape index (κ1) is 14.3. The molecule has 0 aromatic heterocycles. The standard InChI is InChI=1S/C15H30N2O/c1-4-15(2,3)12-5-6-13(16)14(11-12)17-7-9-18-10-8-17/h12-14H,4-11,16H2,1-3H3. The van der Waals surface area contributed by atoms with Gasteiger partial charge >= 0.3 is 0 Å². The Morgan fingerprint density at radius 2 is 1.89 bits per heavy atom. The van der Waals surface area contributed by atoms with Gasteiger partial charge in [-0.2, -0.15) is 0 Å². The molecule has 3 atom stereocenters. The van der Waals surface area contributed by atoms with E-state index >= 15 is 0 Å². The maximum atomic E-state index is 6.37. The second-order valence-corrected chi connectivity index (χ2v) is 6.73. The number of hydrogen-bond acceptors (Lipinski definition) is 3. The minimum Gasteiger partial charge on any atom is -0.379 e. The van der Waals surface area contributed by atoms with Crippen molar-refractivity contribution in [3.8, 4) is 0 Å². The Kier molecular flexibility index (Phi) is 4.68.